The molecular formula is C16H8F10N2O2. The summed E-state index contributed by atoms with van der Waals surface area (Å²) in [6.45, 7) is 0. The zero-order chi connectivity index (χ0) is 23.1. The van der Waals surface area contributed by atoms with Gasteiger partial charge in [0.15, 0.2) is 5.82 Å². The Morgan fingerprint density at radius 2 is 1.43 bits per heavy atom. The third-order valence-corrected chi connectivity index (χ3v) is 3.67. The van der Waals surface area contributed by atoms with Gasteiger partial charge < -0.3 is 10.5 Å². The van der Waals surface area contributed by atoms with Crippen LogP contribution in [-0.2, 0) is 5.92 Å². The summed E-state index contributed by atoms with van der Waals surface area (Å²) >= 11 is 0. The van der Waals surface area contributed by atoms with E-state index < -0.39 is 52.9 Å². The summed E-state index contributed by atoms with van der Waals surface area (Å²) in [4.78, 5) is 14.3. The van der Waals surface area contributed by atoms with Crippen molar-refractivity contribution in [3.05, 3.63) is 53.5 Å². The highest BCUT2D eigenvalue weighted by Gasteiger charge is 2.82. The minimum Gasteiger partial charge on any atom is -0.436 e. The number of hydrogen-bond donors (Lipinski definition) is 1. The number of nitrogens with two attached hydrogens (primary N) is 1. The van der Waals surface area contributed by atoms with Crippen molar-refractivity contribution in [1.29, 1.82) is 0 Å². The van der Waals surface area contributed by atoms with Crippen LogP contribution in [0.25, 0.3) is 0 Å². The second-order valence-corrected chi connectivity index (χ2v) is 5.72. The van der Waals surface area contributed by atoms with E-state index >= 15 is 0 Å². The van der Waals surface area contributed by atoms with Gasteiger partial charge >= 0.3 is 23.9 Å². The molecule has 0 radical (unpaired) electrons. The average molecular weight is 450 g/mol. The van der Waals surface area contributed by atoms with Crippen LogP contribution in [0.4, 0.5) is 43.9 Å². The maximum absolute atomic E-state index is 13.8. The van der Waals surface area contributed by atoms with Gasteiger partial charge in [-0.2, -0.15) is 39.5 Å². The van der Waals surface area contributed by atoms with Crippen molar-refractivity contribution >= 4 is 5.91 Å². The molecule has 0 unspecified atom stereocenters. The number of amides is 1. The van der Waals surface area contributed by atoms with E-state index in [0.29, 0.717) is 18.2 Å². The first kappa shape index (κ1) is 23.2. The van der Waals surface area contributed by atoms with Crippen LogP contribution in [0.2, 0.25) is 0 Å². The molecule has 1 amide bonds. The predicted octanol–water partition coefficient (Wildman–Crippen LogP) is 5.04. The summed E-state index contributed by atoms with van der Waals surface area (Å²) in [6, 6.07) is 1.76. The highest BCUT2D eigenvalue weighted by atomic mass is 19.4. The fourth-order valence-electron chi connectivity index (χ4n) is 2.04. The molecule has 1 aromatic carbocycles. The maximum Gasteiger partial charge on any atom is 0.460 e. The zero-order valence-corrected chi connectivity index (χ0v) is 14.1. The van der Waals surface area contributed by atoms with Crippen molar-refractivity contribution in [2.75, 3.05) is 0 Å². The molecule has 1 aromatic heterocycles. The second-order valence-electron chi connectivity index (χ2n) is 5.72. The molecule has 4 nitrogen and oxygen atoms in total. The lowest BCUT2D eigenvalue weighted by Gasteiger charge is -2.33. The lowest BCUT2D eigenvalue weighted by atomic mass is 9.97. The number of carbonyl (C=O) groups is 1. The zero-order valence-electron chi connectivity index (χ0n) is 14.1. The number of pyridine rings is 1. The van der Waals surface area contributed by atoms with Crippen LogP contribution in [0.5, 0.6) is 11.6 Å². The molecule has 0 fully saturated rings. The first-order valence-electron chi connectivity index (χ1n) is 7.46. The van der Waals surface area contributed by atoms with Gasteiger partial charge in [0.1, 0.15) is 5.75 Å². The predicted molar refractivity (Wildman–Crippen MR) is 79.1 cm³/mol. The lowest BCUT2D eigenvalue weighted by molar-refractivity contribution is -0.399. The van der Waals surface area contributed by atoms with Crippen LogP contribution in [0.1, 0.15) is 15.9 Å². The van der Waals surface area contributed by atoms with E-state index in [-0.39, 0.29) is 17.7 Å². The Morgan fingerprint density at radius 1 is 0.900 bits per heavy atom. The number of nitrogens with zero attached hydrogens (tertiary/aromatic N) is 1. The molecule has 164 valence electrons. The maximum atomic E-state index is 13.8. The highest BCUT2D eigenvalue weighted by molar-refractivity contribution is 5.92. The van der Waals surface area contributed by atoms with E-state index in [9.17, 15) is 48.7 Å². The SMILES string of the molecule is NC(=O)c1cnc(Oc2ccc(C(F)(F)C(F)(F)C(F)(F)C(F)(F)F)cc2)c(F)c1. The summed E-state index contributed by atoms with van der Waals surface area (Å²) in [5.41, 5.74) is 2.66. The fourth-order valence-corrected chi connectivity index (χ4v) is 2.04. The summed E-state index contributed by atoms with van der Waals surface area (Å²) in [7, 11) is 0. The van der Waals surface area contributed by atoms with Gasteiger partial charge in [0, 0.05) is 11.8 Å². The number of rotatable bonds is 6. The molecule has 30 heavy (non-hydrogen) atoms. The Bertz CT molecular complexity index is 942. The Labute approximate surface area is 160 Å². The van der Waals surface area contributed by atoms with Gasteiger partial charge in [0.05, 0.1) is 5.56 Å². The van der Waals surface area contributed by atoms with Crippen LogP contribution in [0.15, 0.2) is 36.5 Å². The summed E-state index contributed by atoms with van der Waals surface area (Å²) in [5, 5.41) is 0. The number of halogens is 10. The molecule has 14 heteroatoms. The Kier molecular flexibility index (Phi) is 5.67. The average Bonchev–Trinajstić information content (AvgIpc) is 2.62. The highest BCUT2D eigenvalue weighted by Crippen LogP contribution is 2.56. The molecule has 2 N–H and O–H groups in total. The molecule has 0 aliphatic heterocycles. The Morgan fingerprint density at radius 3 is 1.87 bits per heavy atom. The summed E-state index contributed by atoms with van der Waals surface area (Å²) in [5.74, 6) is -23.4. The van der Waals surface area contributed by atoms with Crippen molar-refractivity contribution in [2.24, 2.45) is 5.73 Å². The topological polar surface area (TPSA) is 65.2 Å². The number of hydrogen-bond acceptors (Lipinski definition) is 3. The summed E-state index contributed by atoms with van der Waals surface area (Å²) in [6.07, 6.45) is -6.15. The van der Waals surface area contributed by atoms with Crippen molar-refractivity contribution in [3.63, 3.8) is 0 Å². The first-order valence-corrected chi connectivity index (χ1v) is 7.46. The van der Waals surface area contributed by atoms with Crippen molar-refractivity contribution in [2.45, 2.75) is 23.9 Å². The van der Waals surface area contributed by atoms with E-state index in [2.05, 4.69) is 4.98 Å². The van der Waals surface area contributed by atoms with Crippen molar-refractivity contribution in [1.82, 2.24) is 4.98 Å². The second kappa shape index (κ2) is 7.32. The fraction of sp³-hybridized carbons (Fsp3) is 0.250. The van der Waals surface area contributed by atoms with Gasteiger partial charge in [-0.15, -0.1) is 0 Å². The van der Waals surface area contributed by atoms with E-state index in [4.69, 9.17) is 10.5 Å². The van der Waals surface area contributed by atoms with Gasteiger partial charge in [-0.05, 0) is 30.3 Å². The summed E-state index contributed by atoms with van der Waals surface area (Å²) < 4.78 is 135. The van der Waals surface area contributed by atoms with Crippen molar-refractivity contribution in [3.8, 4) is 11.6 Å². The number of aromatic nitrogens is 1. The quantitative estimate of drug-likeness (QED) is 0.628. The molecule has 0 aliphatic rings. The van der Waals surface area contributed by atoms with Gasteiger partial charge in [0.2, 0.25) is 5.91 Å². The van der Waals surface area contributed by atoms with Crippen LogP contribution in [0.3, 0.4) is 0 Å². The third-order valence-electron chi connectivity index (χ3n) is 3.67. The van der Waals surface area contributed by atoms with Crippen molar-refractivity contribution < 1.29 is 53.4 Å². The molecule has 1 heterocycles. The Hall–Kier alpha value is -3.06. The molecule has 0 saturated carbocycles. The molecule has 0 atom stereocenters. The molecule has 2 rings (SSSR count). The monoisotopic (exact) mass is 450 g/mol. The lowest BCUT2D eigenvalue weighted by Crippen LogP contribution is -2.59. The van der Waals surface area contributed by atoms with Crippen LogP contribution < -0.4 is 10.5 Å². The number of alkyl halides is 9. The van der Waals surface area contributed by atoms with E-state index in [1.165, 1.54) is 0 Å². The van der Waals surface area contributed by atoms with Gasteiger partial charge in [-0.25, -0.2) is 9.37 Å². The van der Waals surface area contributed by atoms with Gasteiger partial charge in [-0.3, -0.25) is 4.79 Å². The molecule has 2 aromatic rings. The minimum atomic E-state index is -7.03. The van der Waals surface area contributed by atoms with E-state index in [1.54, 1.807) is 0 Å². The van der Waals surface area contributed by atoms with E-state index in [1.807, 2.05) is 0 Å². The van der Waals surface area contributed by atoms with E-state index in [0.717, 1.165) is 6.20 Å². The molecule has 0 bridgehead atoms. The number of benzene rings is 1. The number of primary amides is 1. The molecule has 0 aliphatic carbocycles. The van der Waals surface area contributed by atoms with Crippen LogP contribution >= 0.6 is 0 Å². The van der Waals surface area contributed by atoms with Gasteiger partial charge in [0.25, 0.3) is 5.88 Å². The normalized spacial score (nSPS) is 13.3. The molecular weight excluding hydrogens is 442 g/mol. The third kappa shape index (κ3) is 3.85. The molecule has 0 saturated heterocycles. The smallest absolute Gasteiger partial charge is 0.436 e. The largest absolute Gasteiger partial charge is 0.460 e. The minimum absolute atomic E-state index is 0.0887. The van der Waals surface area contributed by atoms with Crippen LogP contribution in [-0.4, -0.2) is 28.9 Å². The van der Waals surface area contributed by atoms with Gasteiger partial charge in [-0.1, -0.05) is 0 Å². The Balaban J connectivity index is 2.31. The number of ether oxygens (including phenoxy) is 1. The molecule has 0 spiro atoms. The first-order chi connectivity index (χ1) is 13.5. The van der Waals surface area contributed by atoms with Crippen LogP contribution in [0, 0.1) is 5.82 Å². The number of carbonyl (C=O) groups excluding carboxylic acids is 1. The standard InChI is InChI=1S/C16H8F10N2O2/c17-10-5-7(11(27)29)6-28-12(10)30-9-3-1-8(2-4-9)13(18,19)14(20,21)15(22,23)16(24,25)26/h1-6H,(H2,27,29).